The predicted molar refractivity (Wildman–Crippen MR) is 79.7 cm³/mol. The van der Waals surface area contributed by atoms with Crippen molar-refractivity contribution in [1.29, 1.82) is 0 Å². The molecule has 0 bridgehead atoms. The van der Waals surface area contributed by atoms with Gasteiger partial charge in [-0.15, -0.1) is 0 Å². The second-order valence-corrected chi connectivity index (χ2v) is 6.22. The fourth-order valence-electron chi connectivity index (χ4n) is 1.74. The Morgan fingerprint density at radius 1 is 1.21 bits per heavy atom. The number of benzene rings is 1. The Bertz CT molecular complexity index is 528. The van der Waals surface area contributed by atoms with Crippen LogP contribution in [0.5, 0.6) is 5.75 Å². The molecule has 0 radical (unpaired) electrons. The first-order valence-electron chi connectivity index (χ1n) is 6.12. The quantitative estimate of drug-likeness (QED) is 0.733. The van der Waals surface area contributed by atoms with E-state index in [9.17, 15) is 0 Å². The number of hydrogen-bond acceptors (Lipinski definition) is 2. The lowest BCUT2D eigenvalue weighted by Crippen LogP contribution is -2.04. The van der Waals surface area contributed by atoms with E-state index in [4.69, 9.17) is 20.4 Å². The smallest absolute Gasteiger partial charge is 0.421 e. The summed E-state index contributed by atoms with van der Waals surface area (Å²) in [5, 5.41) is 0. The molecule has 1 atom stereocenters. The van der Waals surface area contributed by atoms with Gasteiger partial charge in [-0.1, -0.05) is 26.0 Å². The molecule has 102 valence electrons. The maximum Gasteiger partial charge on any atom is 0.421 e. The molecular weight excluding hydrogens is 281 g/mol. The third-order valence-corrected chi connectivity index (χ3v) is 3.75. The molecule has 0 spiro atoms. The molecule has 1 aromatic heterocycles. The topological polar surface area (TPSA) is 23.4 Å². The lowest BCUT2D eigenvalue weighted by molar-refractivity contribution is 0.284. The number of rotatable bonds is 5. The molecule has 1 aromatic carbocycles. The number of halogens is 1. The molecule has 5 heteroatoms. The Morgan fingerprint density at radius 3 is 2.53 bits per heavy atom. The van der Waals surface area contributed by atoms with Crippen molar-refractivity contribution in [3.63, 3.8) is 0 Å². The van der Waals surface area contributed by atoms with Gasteiger partial charge in [0.15, 0.2) is 0 Å². The SMILES string of the molecule is Cc1ccc(C(C)C)c(OP(Cl)On2cccc2)c1. The molecule has 0 saturated heterocycles. The zero-order chi connectivity index (χ0) is 13.8. The van der Waals surface area contributed by atoms with Crippen molar-refractivity contribution in [3.8, 4) is 5.75 Å². The zero-order valence-electron chi connectivity index (χ0n) is 11.2. The van der Waals surface area contributed by atoms with Crippen LogP contribution in [-0.2, 0) is 0 Å². The highest BCUT2D eigenvalue weighted by atomic mass is 35.7. The van der Waals surface area contributed by atoms with Crippen LogP contribution < -0.4 is 9.15 Å². The van der Waals surface area contributed by atoms with E-state index >= 15 is 0 Å². The lowest BCUT2D eigenvalue weighted by Gasteiger charge is -2.17. The van der Waals surface area contributed by atoms with Gasteiger partial charge in [0.2, 0.25) is 0 Å². The fourth-order valence-corrected chi connectivity index (χ4v) is 2.78. The minimum absolute atomic E-state index is 0.377. The molecule has 0 aliphatic heterocycles. The molecule has 2 rings (SSSR count). The van der Waals surface area contributed by atoms with Crippen molar-refractivity contribution < 1.29 is 9.15 Å². The average molecular weight is 298 g/mol. The highest BCUT2D eigenvalue weighted by Gasteiger charge is 2.15. The second-order valence-electron chi connectivity index (χ2n) is 4.62. The third-order valence-electron chi connectivity index (χ3n) is 2.70. The Hall–Kier alpha value is -1.18. The van der Waals surface area contributed by atoms with Gasteiger partial charge in [0, 0.05) is 12.4 Å². The van der Waals surface area contributed by atoms with Crippen molar-refractivity contribution in [2.45, 2.75) is 26.7 Å². The highest BCUT2D eigenvalue weighted by Crippen LogP contribution is 2.43. The number of hydrogen-bond donors (Lipinski definition) is 0. The Kier molecular flexibility index (Phi) is 4.73. The Labute approximate surface area is 119 Å². The van der Waals surface area contributed by atoms with Crippen LogP contribution in [0.25, 0.3) is 0 Å². The van der Waals surface area contributed by atoms with E-state index in [0.29, 0.717) is 5.92 Å². The second kappa shape index (κ2) is 6.31. The first-order valence-corrected chi connectivity index (χ1v) is 8.20. The Balaban J connectivity index is 2.11. The molecule has 0 aliphatic rings. The number of aromatic nitrogens is 1. The van der Waals surface area contributed by atoms with Gasteiger partial charge < -0.3 is 9.15 Å². The van der Waals surface area contributed by atoms with Crippen LogP contribution in [0.15, 0.2) is 42.7 Å². The summed E-state index contributed by atoms with van der Waals surface area (Å²) in [5.74, 6) is 1.17. The van der Waals surface area contributed by atoms with Crippen LogP contribution in [0, 0.1) is 6.92 Å². The third kappa shape index (κ3) is 3.89. The van der Waals surface area contributed by atoms with E-state index < -0.39 is 7.73 Å². The van der Waals surface area contributed by atoms with Gasteiger partial charge in [-0.25, -0.2) is 0 Å². The van der Waals surface area contributed by atoms with Crippen molar-refractivity contribution >= 4 is 19.0 Å². The molecule has 0 N–H and O–H groups in total. The normalized spacial score (nSPS) is 12.5. The van der Waals surface area contributed by atoms with Gasteiger partial charge in [0.05, 0.1) is 0 Å². The van der Waals surface area contributed by atoms with Crippen LogP contribution in [0.1, 0.15) is 30.9 Å². The molecule has 0 aliphatic carbocycles. The summed E-state index contributed by atoms with van der Waals surface area (Å²) >= 11 is 6.14. The maximum atomic E-state index is 6.14. The molecular formula is C14H17ClNO2P. The van der Waals surface area contributed by atoms with Crippen molar-refractivity contribution in [3.05, 3.63) is 53.9 Å². The summed E-state index contributed by atoms with van der Waals surface area (Å²) in [7, 11) is -1.53. The fraction of sp³-hybridized carbons (Fsp3) is 0.286. The van der Waals surface area contributed by atoms with Gasteiger partial charge in [-0.2, -0.15) is 4.73 Å². The van der Waals surface area contributed by atoms with E-state index in [1.54, 1.807) is 17.1 Å². The lowest BCUT2D eigenvalue weighted by atomic mass is 10.0. The molecule has 3 nitrogen and oxygen atoms in total. The van der Waals surface area contributed by atoms with E-state index in [1.165, 1.54) is 0 Å². The summed E-state index contributed by atoms with van der Waals surface area (Å²) in [6.45, 7) is 6.28. The van der Waals surface area contributed by atoms with Gasteiger partial charge in [0.25, 0.3) is 0 Å². The van der Waals surface area contributed by atoms with E-state index in [1.807, 2.05) is 25.1 Å². The molecule has 19 heavy (non-hydrogen) atoms. The highest BCUT2D eigenvalue weighted by molar-refractivity contribution is 7.76. The van der Waals surface area contributed by atoms with Gasteiger partial charge in [0.1, 0.15) is 5.75 Å². The molecule has 1 heterocycles. The largest absolute Gasteiger partial charge is 0.426 e. The molecule has 1 unspecified atom stereocenters. The first-order chi connectivity index (χ1) is 9.06. The average Bonchev–Trinajstić information content (AvgIpc) is 2.81. The number of nitrogens with zero attached hydrogens (tertiary/aromatic N) is 1. The van der Waals surface area contributed by atoms with Gasteiger partial charge in [-0.3, -0.25) is 0 Å². The minimum atomic E-state index is -1.53. The van der Waals surface area contributed by atoms with E-state index in [0.717, 1.165) is 16.9 Å². The first kappa shape index (κ1) is 14.2. The van der Waals surface area contributed by atoms with Crippen LogP contribution >= 0.6 is 19.0 Å². The van der Waals surface area contributed by atoms with E-state index in [2.05, 4.69) is 26.0 Å². The van der Waals surface area contributed by atoms with Gasteiger partial charge in [-0.05, 0) is 53.4 Å². The summed E-state index contributed by atoms with van der Waals surface area (Å²) in [4.78, 5) is 0. The molecule has 0 amide bonds. The van der Waals surface area contributed by atoms with Gasteiger partial charge >= 0.3 is 7.73 Å². The summed E-state index contributed by atoms with van der Waals surface area (Å²) in [6.07, 6.45) is 3.56. The van der Waals surface area contributed by atoms with E-state index in [-0.39, 0.29) is 0 Å². The summed E-state index contributed by atoms with van der Waals surface area (Å²) < 4.78 is 12.8. The van der Waals surface area contributed by atoms with Crippen molar-refractivity contribution in [2.75, 3.05) is 0 Å². The van der Waals surface area contributed by atoms with Crippen molar-refractivity contribution in [2.24, 2.45) is 0 Å². The summed E-state index contributed by atoms with van der Waals surface area (Å²) in [6, 6.07) is 9.88. The van der Waals surface area contributed by atoms with Crippen LogP contribution in [-0.4, -0.2) is 4.73 Å². The minimum Gasteiger partial charge on any atom is -0.426 e. The molecule has 0 fully saturated rings. The predicted octanol–water partition coefficient (Wildman–Crippen LogP) is 4.89. The standard InChI is InChI=1S/C14H17ClNO2P/c1-11(2)13-7-6-12(3)10-14(13)17-19(15)18-16-8-4-5-9-16/h4-11H,1-3H3. The van der Waals surface area contributed by atoms with Crippen LogP contribution in [0.3, 0.4) is 0 Å². The van der Waals surface area contributed by atoms with Crippen LogP contribution in [0.2, 0.25) is 0 Å². The van der Waals surface area contributed by atoms with Crippen molar-refractivity contribution in [1.82, 2.24) is 4.73 Å². The number of aryl methyl sites for hydroxylation is 1. The Morgan fingerprint density at radius 2 is 1.89 bits per heavy atom. The zero-order valence-corrected chi connectivity index (χ0v) is 12.9. The molecule has 0 saturated carbocycles. The monoisotopic (exact) mass is 297 g/mol. The maximum absolute atomic E-state index is 6.14. The summed E-state index contributed by atoms with van der Waals surface area (Å²) in [5.41, 5.74) is 2.27. The van der Waals surface area contributed by atoms with Crippen LogP contribution in [0.4, 0.5) is 0 Å². The molecule has 2 aromatic rings.